The number of methoxy groups -OCH3 is 2. The molecular weight excluding hydrogens is 320 g/mol. The van der Waals surface area contributed by atoms with Crippen molar-refractivity contribution >= 4 is 15.9 Å². The third-order valence-corrected chi connectivity index (χ3v) is 3.61. The fraction of sp³-hybridized carbons (Fsp3) is 0.250. The van der Waals surface area contributed by atoms with Gasteiger partial charge in [-0.2, -0.15) is 0 Å². The van der Waals surface area contributed by atoms with Crippen molar-refractivity contribution in [3.8, 4) is 17.2 Å². The molecule has 3 nitrogen and oxygen atoms in total. The molecule has 0 fully saturated rings. The maximum atomic E-state index is 5.87. The molecule has 0 heterocycles. The van der Waals surface area contributed by atoms with Gasteiger partial charge in [0.05, 0.1) is 14.2 Å². The van der Waals surface area contributed by atoms with Crippen molar-refractivity contribution in [2.75, 3.05) is 14.2 Å². The number of halogens is 1. The Balaban J connectivity index is 2.17. The van der Waals surface area contributed by atoms with Crippen molar-refractivity contribution in [3.63, 3.8) is 0 Å². The van der Waals surface area contributed by atoms with Crippen LogP contribution in [0.25, 0.3) is 0 Å². The second-order valence-corrected chi connectivity index (χ2v) is 4.78. The van der Waals surface area contributed by atoms with Crippen LogP contribution in [0.4, 0.5) is 0 Å². The summed E-state index contributed by atoms with van der Waals surface area (Å²) in [5.74, 6) is 2.28. The summed E-state index contributed by atoms with van der Waals surface area (Å²) < 4.78 is 16.5. The van der Waals surface area contributed by atoms with Gasteiger partial charge in [-0.25, -0.2) is 0 Å². The summed E-state index contributed by atoms with van der Waals surface area (Å²) >= 11 is 3.44. The minimum absolute atomic E-state index is 0.437. The third kappa shape index (κ3) is 3.45. The maximum absolute atomic E-state index is 5.87. The highest BCUT2D eigenvalue weighted by atomic mass is 79.9. The van der Waals surface area contributed by atoms with Gasteiger partial charge in [0.1, 0.15) is 12.4 Å². The van der Waals surface area contributed by atoms with Crippen LogP contribution in [0.2, 0.25) is 0 Å². The van der Waals surface area contributed by atoms with Crippen LogP contribution >= 0.6 is 15.9 Å². The van der Waals surface area contributed by atoms with Crippen LogP contribution in [0.15, 0.2) is 42.5 Å². The summed E-state index contributed by atoms with van der Waals surface area (Å²) in [7, 11) is 3.30. The van der Waals surface area contributed by atoms with E-state index in [1.54, 1.807) is 14.2 Å². The third-order valence-electron chi connectivity index (χ3n) is 2.96. The zero-order valence-corrected chi connectivity index (χ0v) is 13.1. The Labute approximate surface area is 127 Å². The van der Waals surface area contributed by atoms with Crippen molar-refractivity contribution < 1.29 is 14.2 Å². The van der Waals surface area contributed by atoms with Crippen molar-refractivity contribution in [1.82, 2.24) is 0 Å². The fourth-order valence-corrected chi connectivity index (χ4v) is 2.24. The molecule has 0 N–H and O–H groups in total. The zero-order valence-electron chi connectivity index (χ0n) is 11.6. The Morgan fingerprint density at radius 3 is 2.35 bits per heavy atom. The molecule has 0 spiro atoms. The van der Waals surface area contributed by atoms with E-state index in [9.17, 15) is 0 Å². The molecule has 0 aromatic heterocycles. The highest BCUT2D eigenvalue weighted by molar-refractivity contribution is 9.08. The second kappa shape index (κ2) is 7.20. The standard InChI is InChI=1S/C16H17BrO3/c1-18-14-6-4-3-5-13(14)11-20-16-9-12(10-17)7-8-15(16)19-2/h3-9H,10-11H2,1-2H3. The van der Waals surface area contributed by atoms with Crippen LogP contribution < -0.4 is 14.2 Å². The van der Waals surface area contributed by atoms with Crippen LogP contribution in [0.5, 0.6) is 17.2 Å². The minimum Gasteiger partial charge on any atom is -0.496 e. The van der Waals surface area contributed by atoms with E-state index < -0.39 is 0 Å². The lowest BCUT2D eigenvalue weighted by Crippen LogP contribution is -2.00. The Bertz CT molecular complexity index is 569. The molecular formula is C16H17BrO3. The van der Waals surface area contributed by atoms with E-state index in [4.69, 9.17) is 14.2 Å². The number of hydrogen-bond acceptors (Lipinski definition) is 3. The topological polar surface area (TPSA) is 27.7 Å². The van der Waals surface area contributed by atoms with Crippen molar-refractivity contribution in [3.05, 3.63) is 53.6 Å². The van der Waals surface area contributed by atoms with Gasteiger partial charge in [0.2, 0.25) is 0 Å². The first-order valence-corrected chi connectivity index (χ1v) is 7.38. The first-order valence-electron chi connectivity index (χ1n) is 6.26. The maximum Gasteiger partial charge on any atom is 0.161 e. The molecule has 2 aromatic carbocycles. The molecule has 0 aliphatic carbocycles. The number of benzene rings is 2. The summed E-state index contributed by atoms with van der Waals surface area (Å²) in [6.45, 7) is 0.437. The number of ether oxygens (including phenoxy) is 3. The SMILES string of the molecule is COc1ccccc1COc1cc(CBr)ccc1OC. The quantitative estimate of drug-likeness (QED) is 0.740. The lowest BCUT2D eigenvalue weighted by molar-refractivity contribution is 0.278. The lowest BCUT2D eigenvalue weighted by Gasteiger charge is -2.13. The molecule has 2 rings (SSSR count). The summed E-state index contributed by atoms with van der Waals surface area (Å²) in [6, 6.07) is 13.7. The Morgan fingerprint density at radius 1 is 0.900 bits per heavy atom. The molecule has 0 aliphatic heterocycles. The first kappa shape index (κ1) is 14.7. The molecule has 0 bridgehead atoms. The molecule has 2 aromatic rings. The van der Waals surface area contributed by atoms with Gasteiger partial charge < -0.3 is 14.2 Å². The van der Waals surface area contributed by atoms with Gasteiger partial charge in [-0.15, -0.1) is 0 Å². The summed E-state index contributed by atoms with van der Waals surface area (Å²) in [5, 5.41) is 0.780. The molecule has 4 heteroatoms. The molecule has 106 valence electrons. The zero-order chi connectivity index (χ0) is 14.4. The van der Waals surface area contributed by atoms with Gasteiger partial charge in [-0.1, -0.05) is 40.2 Å². The fourth-order valence-electron chi connectivity index (χ4n) is 1.89. The van der Waals surface area contributed by atoms with Crippen LogP contribution in [-0.2, 0) is 11.9 Å². The van der Waals surface area contributed by atoms with Crippen molar-refractivity contribution in [2.45, 2.75) is 11.9 Å². The second-order valence-electron chi connectivity index (χ2n) is 4.22. The van der Waals surface area contributed by atoms with Crippen LogP contribution in [-0.4, -0.2) is 14.2 Å². The molecule has 0 atom stereocenters. The largest absolute Gasteiger partial charge is 0.496 e. The van der Waals surface area contributed by atoms with E-state index in [-0.39, 0.29) is 0 Å². The lowest BCUT2D eigenvalue weighted by atomic mass is 10.2. The molecule has 0 aliphatic rings. The average Bonchev–Trinajstić information content (AvgIpc) is 2.52. The predicted molar refractivity (Wildman–Crippen MR) is 83.0 cm³/mol. The summed E-state index contributed by atoms with van der Waals surface area (Å²) in [5.41, 5.74) is 2.14. The molecule has 0 saturated carbocycles. The summed E-state index contributed by atoms with van der Waals surface area (Å²) in [4.78, 5) is 0. The molecule has 20 heavy (non-hydrogen) atoms. The molecule has 0 unspecified atom stereocenters. The van der Waals surface area contributed by atoms with E-state index in [2.05, 4.69) is 15.9 Å². The predicted octanol–water partition coefficient (Wildman–Crippen LogP) is 4.18. The smallest absolute Gasteiger partial charge is 0.161 e. The number of alkyl halides is 1. The highest BCUT2D eigenvalue weighted by Gasteiger charge is 2.08. The number of rotatable bonds is 6. The van der Waals surface area contributed by atoms with E-state index in [0.29, 0.717) is 6.61 Å². The van der Waals surface area contributed by atoms with Gasteiger partial charge in [0, 0.05) is 10.9 Å². The van der Waals surface area contributed by atoms with E-state index >= 15 is 0 Å². The van der Waals surface area contributed by atoms with E-state index in [1.807, 2.05) is 42.5 Å². The van der Waals surface area contributed by atoms with Gasteiger partial charge in [0.15, 0.2) is 11.5 Å². The normalized spacial score (nSPS) is 10.2. The van der Waals surface area contributed by atoms with Gasteiger partial charge in [0.25, 0.3) is 0 Å². The molecule has 0 radical (unpaired) electrons. The van der Waals surface area contributed by atoms with Crippen LogP contribution in [0.3, 0.4) is 0 Å². The number of hydrogen-bond donors (Lipinski definition) is 0. The minimum atomic E-state index is 0.437. The Kier molecular flexibility index (Phi) is 5.30. The van der Waals surface area contributed by atoms with Gasteiger partial charge in [-0.05, 0) is 23.8 Å². The first-order chi connectivity index (χ1) is 9.78. The van der Waals surface area contributed by atoms with Crippen molar-refractivity contribution in [2.24, 2.45) is 0 Å². The molecule has 0 saturated heterocycles. The van der Waals surface area contributed by atoms with Crippen LogP contribution in [0, 0.1) is 0 Å². The average molecular weight is 337 g/mol. The van der Waals surface area contributed by atoms with E-state index in [0.717, 1.165) is 33.7 Å². The van der Waals surface area contributed by atoms with Crippen LogP contribution in [0.1, 0.15) is 11.1 Å². The van der Waals surface area contributed by atoms with Gasteiger partial charge >= 0.3 is 0 Å². The molecule has 0 amide bonds. The van der Waals surface area contributed by atoms with Gasteiger partial charge in [-0.3, -0.25) is 0 Å². The number of para-hydroxylation sites is 1. The monoisotopic (exact) mass is 336 g/mol. The van der Waals surface area contributed by atoms with Crippen molar-refractivity contribution in [1.29, 1.82) is 0 Å². The Morgan fingerprint density at radius 2 is 1.65 bits per heavy atom. The van der Waals surface area contributed by atoms with E-state index in [1.165, 1.54) is 0 Å². The highest BCUT2D eigenvalue weighted by Crippen LogP contribution is 2.30. The Hall–Kier alpha value is -1.68. The summed E-state index contributed by atoms with van der Waals surface area (Å²) in [6.07, 6.45) is 0.